The first kappa shape index (κ1) is 9.64. The lowest BCUT2D eigenvalue weighted by Crippen LogP contribution is -2.08. The van der Waals surface area contributed by atoms with Crippen LogP contribution in [0.3, 0.4) is 0 Å². The molecule has 0 spiro atoms. The number of nitrogens with zero attached hydrogens (tertiary/aromatic N) is 1. The lowest BCUT2D eigenvalue weighted by atomic mass is 10.2. The molecule has 0 aliphatic carbocycles. The number of aryl methyl sites for hydroxylation is 2. The van der Waals surface area contributed by atoms with E-state index in [1.807, 2.05) is 6.92 Å². The Labute approximate surface area is 76.4 Å². The van der Waals surface area contributed by atoms with Gasteiger partial charge in [-0.1, -0.05) is 13.3 Å². The molecule has 1 aromatic rings. The Kier molecular flexibility index (Phi) is 2.60. The van der Waals surface area contributed by atoms with Crippen molar-refractivity contribution in [2.75, 3.05) is 0 Å². The summed E-state index contributed by atoms with van der Waals surface area (Å²) in [5.74, 6) is -1.10. The topological polar surface area (TPSA) is 62.5 Å². The van der Waals surface area contributed by atoms with Crippen LogP contribution in [0.1, 0.15) is 35.1 Å². The van der Waals surface area contributed by atoms with Crippen LogP contribution in [0, 0.1) is 6.92 Å². The van der Waals surface area contributed by atoms with Crippen molar-refractivity contribution in [3.8, 4) is 0 Å². The van der Waals surface area contributed by atoms with Gasteiger partial charge in [0.2, 0.25) is 0 Å². The number of hydrogen-bond donors (Lipinski definition) is 2. The summed E-state index contributed by atoms with van der Waals surface area (Å²) in [4.78, 5) is 10.7. The Morgan fingerprint density at radius 2 is 2.23 bits per heavy atom. The van der Waals surface area contributed by atoms with Gasteiger partial charge in [0.15, 0.2) is 5.69 Å². The maximum atomic E-state index is 10.7. The minimum Gasteiger partial charge on any atom is -0.476 e. The van der Waals surface area contributed by atoms with Crippen LogP contribution in [0.4, 0.5) is 0 Å². The largest absolute Gasteiger partial charge is 0.476 e. The van der Waals surface area contributed by atoms with E-state index >= 15 is 0 Å². The molecule has 4 nitrogen and oxygen atoms in total. The number of aromatic nitrogens is 1. The Hall–Kier alpha value is -1.45. The van der Waals surface area contributed by atoms with Gasteiger partial charge in [0.25, 0.3) is 0 Å². The monoisotopic (exact) mass is 183 g/mol. The summed E-state index contributed by atoms with van der Waals surface area (Å²) in [6.07, 6.45) is 1.56. The van der Waals surface area contributed by atoms with Crippen molar-refractivity contribution >= 4 is 5.97 Å². The second kappa shape index (κ2) is 3.51. The molecule has 1 aromatic heterocycles. The summed E-state index contributed by atoms with van der Waals surface area (Å²) in [6, 6.07) is 1.70. The fraction of sp³-hybridized carbons (Fsp3) is 0.444. The van der Waals surface area contributed by atoms with Crippen molar-refractivity contribution < 1.29 is 15.1 Å². The Bertz CT molecular complexity index is 328. The molecule has 0 aliphatic rings. The Balaban J connectivity index is 3.14. The minimum atomic E-state index is -1.10. The van der Waals surface area contributed by atoms with E-state index in [0.29, 0.717) is 17.7 Å². The summed E-state index contributed by atoms with van der Waals surface area (Å²) in [5, 5.41) is 18.2. The second-order valence-electron chi connectivity index (χ2n) is 3.03. The summed E-state index contributed by atoms with van der Waals surface area (Å²) in [5.41, 5.74) is 1.21. The van der Waals surface area contributed by atoms with Gasteiger partial charge < -0.3 is 10.3 Å². The third-order valence-corrected chi connectivity index (χ3v) is 1.95. The zero-order valence-electron chi connectivity index (χ0n) is 7.74. The molecule has 0 amide bonds. The third-order valence-electron chi connectivity index (χ3n) is 1.95. The van der Waals surface area contributed by atoms with Gasteiger partial charge in [-0.3, -0.25) is 0 Å². The van der Waals surface area contributed by atoms with E-state index in [-0.39, 0.29) is 5.69 Å². The summed E-state index contributed by atoms with van der Waals surface area (Å²) in [6.45, 7) is 3.65. The van der Waals surface area contributed by atoms with Crippen LogP contribution < -0.4 is 0 Å². The maximum Gasteiger partial charge on any atom is 0.356 e. The number of carbonyl (C=O) groups is 1. The highest BCUT2D eigenvalue weighted by atomic mass is 16.5. The average molecular weight is 183 g/mol. The predicted octanol–water partition coefficient (Wildman–Crippen LogP) is 1.68. The predicted molar refractivity (Wildman–Crippen MR) is 47.3 cm³/mol. The van der Waals surface area contributed by atoms with Gasteiger partial charge in [0.1, 0.15) is 0 Å². The first-order valence-corrected chi connectivity index (χ1v) is 4.21. The van der Waals surface area contributed by atoms with E-state index < -0.39 is 5.97 Å². The highest BCUT2D eigenvalue weighted by Gasteiger charge is 2.16. The molecule has 72 valence electrons. The SMILES string of the molecule is CCCc1cc(C)c(C(=O)O)n1O. The summed E-state index contributed by atoms with van der Waals surface area (Å²) in [7, 11) is 0. The standard InChI is InChI=1S/C9H13NO3/c1-3-4-7-5-6(2)8(9(11)12)10(7)13/h5,13H,3-4H2,1-2H3,(H,11,12). The van der Waals surface area contributed by atoms with Crippen LogP contribution in [0.25, 0.3) is 0 Å². The van der Waals surface area contributed by atoms with Gasteiger partial charge >= 0.3 is 5.97 Å². The molecule has 0 aliphatic heterocycles. The molecule has 0 aromatic carbocycles. The molecule has 13 heavy (non-hydrogen) atoms. The van der Waals surface area contributed by atoms with Crippen molar-refractivity contribution in [3.63, 3.8) is 0 Å². The number of carboxylic acid groups (broad SMARTS) is 1. The molecule has 1 heterocycles. The number of carboxylic acids is 1. The molecule has 0 bridgehead atoms. The number of hydrogen-bond acceptors (Lipinski definition) is 2. The molecule has 2 N–H and O–H groups in total. The molecule has 0 saturated heterocycles. The van der Waals surface area contributed by atoms with Gasteiger partial charge in [0.05, 0.1) is 5.69 Å². The van der Waals surface area contributed by atoms with Crippen molar-refractivity contribution in [3.05, 3.63) is 23.0 Å². The lowest BCUT2D eigenvalue weighted by molar-refractivity contribution is 0.0639. The molecule has 0 radical (unpaired) electrons. The van der Waals surface area contributed by atoms with Crippen molar-refractivity contribution in [2.24, 2.45) is 0 Å². The van der Waals surface area contributed by atoms with Crippen LogP contribution in [0.5, 0.6) is 0 Å². The Morgan fingerprint density at radius 3 is 2.62 bits per heavy atom. The first-order valence-electron chi connectivity index (χ1n) is 4.21. The van der Waals surface area contributed by atoms with E-state index in [2.05, 4.69) is 0 Å². The number of rotatable bonds is 3. The molecular weight excluding hydrogens is 170 g/mol. The average Bonchev–Trinajstić information content (AvgIpc) is 2.28. The zero-order valence-corrected chi connectivity index (χ0v) is 7.74. The molecule has 0 atom stereocenters. The van der Waals surface area contributed by atoms with Crippen molar-refractivity contribution in [1.29, 1.82) is 0 Å². The minimum absolute atomic E-state index is 0.0385. The quantitative estimate of drug-likeness (QED) is 0.701. The molecular formula is C9H13NO3. The van der Waals surface area contributed by atoms with Crippen LogP contribution in [-0.2, 0) is 6.42 Å². The van der Waals surface area contributed by atoms with Crippen LogP contribution in [0.2, 0.25) is 0 Å². The van der Waals surface area contributed by atoms with Crippen LogP contribution >= 0.6 is 0 Å². The maximum absolute atomic E-state index is 10.7. The van der Waals surface area contributed by atoms with Crippen LogP contribution in [0.15, 0.2) is 6.07 Å². The second-order valence-corrected chi connectivity index (χ2v) is 3.03. The van der Waals surface area contributed by atoms with Gasteiger partial charge in [0, 0.05) is 0 Å². The fourth-order valence-electron chi connectivity index (χ4n) is 1.38. The highest BCUT2D eigenvalue weighted by Crippen LogP contribution is 2.14. The van der Waals surface area contributed by atoms with E-state index in [0.717, 1.165) is 11.2 Å². The fourth-order valence-corrected chi connectivity index (χ4v) is 1.38. The third kappa shape index (κ3) is 1.66. The molecule has 4 heteroatoms. The zero-order chi connectivity index (χ0) is 10.0. The van der Waals surface area contributed by atoms with E-state index in [1.165, 1.54) is 0 Å². The van der Waals surface area contributed by atoms with Gasteiger partial charge in [-0.2, -0.15) is 4.73 Å². The molecule has 0 fully saturated rings. The first-order chi connectivity index (χ1) is 6.07. The van der Waals surface area contributed by atoms with E-state index in [4.69, 9.17) is 5.11 Å². The number of aromatic carboxylic acids is 1. The van der Waals surface area contributed by atoms with Crippen molar-refractivity contribution in [2.45, 2.75) is 26.7 Å². The van der Waals surface area contributed by atoms with Crippen molar-refractivity contribution in [1.82, 2.24) is 4.73 Å². The van der Waals surface area contributed by atoms with Gasteiger partial charge in [-0.15, -0.1) is 0 Å². The molecule has 0 unspecified atom stereocenters. The van der Waals surface area contributed by atoms with Crippen LogP contribution in [-0.4, -0.2) is 21.0 Å². The molecule has 1 rings (SSSR count). The lowest BCUT2D eigenvalue weighted by Gasteiger charge is -2.01. The van der Waals surface area contributed by atoms with E-state index in [1.54, 1.807) is 13.0 Å². The smallest absolute Gasteiger partial charge is 0.356 e. The van der Waals surface area contributed by atoms with Gasteiger partial charge in [-0.05, 0) is 25.0 Å². The highest BCUT2D eigenvalue weighted by molar-refractivity contribution is 5.87. The Morgan fingerprint density at radius 1 is 1.62 bits per heavy atom. The molecule has 0 saturated carbocycles. The summed E-state index contributed by atoms with van der Waals surface area (Å²) >= 11 is 0. The summed E-state index contributed by atoms with van der Waals surface area (Å²) < 4.78 is 0.765. The van der Waals surface area contributed by atoms with E-state index in [9.17, 15) is 10.0 Å². The van der Waals surface area contributed by atoms with Gasteiger partial charge in [-0.25, -0.2) is 4.79 Å². The normalized spacial score (nSPS) is 10.3.